The van der Waals surface area contributed by atoms with Crippen molar-refractivity contribution in [3.63, 3.8) is 0 Å². The highest BCUT2D eigenvalue weighted by atomic mass is 16.5. The summed E-state index contributed by atoms with van der Waals surface area (Å²) in [7, 11) is 0. The topological polar surface area (TPSA) is 29.5 Å². The molecule has 18 heavy (non-hydrogen) atoms. The second-order valence-electron chi connectivity index (χ2n) is 4.54. The Morgan fingerprint density at radius 2 is 1.72 bits per heavy atom. The van der Waals surface area contributed by atoms with Crippen molar-refractivity contribution < 1.29 is 9.53 Å². The predicted molar refractivity (Wildman–Crippen MR) is 73.9 cm³/mol. The molecule has 1 unspecified atom stereocenters. The summed E-state index contributed by atoms with van der Waals surface area (Å²) >= 11 is 0. The molecule has 1 rings (SSSR count). The maximum atomic E-state index is 12.1. The molecule has 100 valence electrons. The predicted octanol–water partition coefficient (Wildman–Crippen LogP) is 2.94. The number of aryl methyl sites for hydroxylation is 2. The summed E-state index contributed by atoms with van der Waals surface area (Å²) in [4.78, 5) is 14.2. The first-order chi connectivity index (χ1) is 8.51. The molecule has 0 aliphatic rings. The number of benzene rings is 1. The van der Waals surface area contributed by atoms with E-state index in [4.69, 9.17) is 4.74 Å². The number of carbonyl (C=O) groups is 1. The Kier molecular flexibility index (Phi) is 5.35. The van der Waals surface area contributed by atoms with Gasteiger partial charge in [-0.25, -0.2) is 4.79 Å². The van der Waals surface area contributed by atoms with Gasteiger partial charge in [-0.2, -0.15) is 0 Å². The molecule has 1 aromatic carbocycles. The molecule has 0 fully saturated rings. The number of rotatable bonds is 5. The normalized spacial score (nSPS) is 12.6. The van der Waals surface area contributed by atoms with E-state index in [9.17, 15) is 4.79 Å². The van der Waals surface area contributed by atoms with E-state index in [1.54, 1.807) is 0 Å². The molecule has 1 atom stereocenters. The average Bonchev–Trinajstić information content (AvgIpc) is 2.35. The molecular weight excluding hydrogens is 226 g/mol. The van der Waals surface area contributed by atoms with E-state index in [2.05, 4.69) is 4.90 Å². The third-order valence-corrected chi connectivity index (χ3v) is 3.31. The fourth-order valence-electron chi connectivity index (χ4n) is 2.07. The number of hydrogen-bond acceptors (Lipinski definition) is 3. The van der Waals surface area contributed by atoms with Crippen LogP contribution in [-0.2, 0) is 4.79 Å². The first-order valence-electron chi connectivity index (χ1n) is 6.53. The third-order valence-electron chi connectivity index (χ3n) is 3.31. The van der Waals surface area contributed by atoms with Crippen LogP contribution in [0.25, 0.3) is 0 Å². The van der Waals surface area contributed by atoms with Gasteiger partial charge in [-0.1, -0.05) is 32.0 Å². The standard InChI is InChI=1S/C15H23NO2/c1-6-16(7-2)13(5)15(17)18-14-11(3)9-8-10-12(14)4/h8-10,13H,6-7H2,1-5H3. The lowest BCUT2D eigenvalue weighted by atomic mass is 10.1. The van der Waals surface area contributed by atoms with Gasteiger partial charge < -0.3 is 4.74 Å². The molecule has 0 saturated carbocycles. The van der Waals surface area contributed by atoms with Crippen LogP contribution in [0, 0.1) is 13.8 Å². The monoisotopic (exact) mass is 249 g/mol. The molecule has 3 nitrogen and oxygen atoms in total. The number of hydrogen-bond donors (Lipinski definition) is 0. The van der Waals surface area contributed by atoms with Crippen LogP contribution in [-0.4, -0.2) is 30.0 Å². The summed E-state index contributed by atoms with van der Waals surface area (Å²) < 4.78 is 5.54. The maximum absolute atomic E-state index is 12.1. The van der Waals surface area contributed by atoms with Crippen LogP contribution in [0.3, 0.4) is 0 Å². The Bertz CT molecular complexity index is 391. The Balaban J connectivity index is 2.81. The Labute approximate surface area is 110 Å². The van der Waals surface area contributed by atoms with Crippen LogP contribution in [0.5, 0.6) is 5.75 Å². The molecule has 0 N–H and O–H groups in total. The zero-order valence-corrected chi connectivity index (χ0v) is 12.0. The molecule has 0 aliphatic heterocycles. The van der Waals surface area contributed by atoms with Crippen molar-refractivity contribution in [3.05, 3.63) is 29.3 Å². The SMILES string of the molecule is CCN(CC)C(C)C(=O)Oc1c(C)cccc1C. The van der Waals surface area contributed by atoms with Gasteiger partial charge in [0.2, 0.25) is 0 Å². The highest BCUT2D eigenvalue weighted by molar-refractivity contribution is 5.78. The minimum absolute atomic E-state index is 0.184. The highest BCUT2D eigenvalue weighted by Gasteiger charge is 2.21. The van der Waals surface area contributed by atoms with Crippen molar-refractivity contribution in [1.29, 1.82) is 0 Å². The van der Waals surface area contributed by atoms with E-state index in [1.165, 1.54) is 0 Å². The summed E-state index contributed by atoms with van der Waals surface area (Å²) in [6, 6.07) is 5.67. The quantitative estimate of drug-likeness (QED) is 0.593. The molecule has 0 saturated heterocycles. The molecular formula is C15H23NO2. The summed E-state index contributed by atoms with van der Waals surface area (Å²) in [5.74, 6) is 0.512. The van der Waals surface area contributed by atoms with Crippen molar-refractivity contribution in [3.8, 4) is 5.75 Å². The van der Waals surface area contributed by atoms with Gasteiger partial charge in [-0.15, -0.1) is 0 Å². The molecule has 3 heteroatoms. The van der Waals surface area contributed by atoms with Gasteiger partial charge >= 0.3 is 5.97 Å². The van der Waals surface area contributed by atoms with E-state index in [0.717, 1.165) is 24.2 Å². The molecule has 0 radical (unpaired) electrons. The number of nitrogens with zero attached hydrogens (tertiary/aromatic N) is 1. The van der Waals surface area contributed by atoms with Crippen LogP contribution in [0.1, 0.15) is 31.9 Å². The van der Waals surface area contributed by atoms with Gasteiger partial charge in [0.15, 0.2) is 0 Å². The lowest BCUT2D eigenvalue weighted by Gasteiger charge is -2.25. The average molecular weight is 249 g/mol. The molecule has 1 aromatic rings. The van der Waals surface area contributed by atoms with E-state index < -0.39 is 0 Å². The Morgan fingerprint density at radius 3 is 2.17 bits per heavy atom. The van der Waals surface area contributed by atoms with Gasteiger partial charge in [-0.3, -0.25) is 4.90 Å². The molecule has 0 aliphatic carbocycles. The Hall–Kier alpha value is -1.35. The second-order valence-corrected chi connectivity index (χ2v) is 4.54. The lowest BCUT2D eigenvalue weighted by molar-refractivity contribution is -0.139. The molecule has 0 spiro atoms. The van der Waals surface area contributed by atoms with Gasteiger partial charge in [-0.05, 0) is 45.0 Å². The zero-order valence-electron chi connectivity index (χ0n) is 12.0. The van der Waals surface area contributed by atoms with Crippen LogP contribution in [0.2, 0.25) is 0 Å². The molecule has 0 aromatic heterocycles. The van der Waals surface area contributed by atoms with Crippen molar-refractivity contribution in [2.45, 2.75) is 40.7 Å². The molecule has 0 amide bonds. The van der Waals surface area contributed by atoms with E-state index in [-0.39, 0.29) is 12.0 Å². The van der Waals surface area contributed by atoms with Gasteiger partial charge in [0.05, 0.1) is 0 Å². The van der Waals surface area contributed by atoms with Crippen LogP contribution < -0.4 is 4.74 Å². The maximum Gasteiger partial charge on any atom is 0.328 e. The van der Waals surface area contributed by atoms with Crippen LogP contribution in [0.15, 0.2) is 18.2 Å². The number of likely N-dealkylation sites (N-methyl/N-ethyl adjacent to an activating group) is 1. The fourth-order valence-corrected chi connectivity index (χ4v) is 2.07. The number of ether oxygens (including phenoxy) is 1. The summed E-state index contributed by atoms with van der Waals surface area (Å²) in [5, 5.41) is 0. The van der Waals surface area contributed by atoms with Gasteiger partial charge in [0.25, 0.3) is 0 Å². The number of carbonyl (C=O) groups excluding carboxylic acids is 1. The first-order valence-corrected chi connectivity index (χ1v) is 6.53. The Morgan fingerprint density at radius 1 is 1.22 bits per heavy atom. The summed E-state index contributed by atoms with van der Waals surface area (Å²) in [6.07, 6.45) is 0. The second kappa shape index (κ2) is 6.55. The van der Waals surface area contributed by atoms with Gasteiger partial charge in [0.1, 0.15) is 11.8 Å². The zero-order chi connectivity index (χ0) is 13.7. The van der Waals surface area contributed by atoms with Crippen molar-refractivity contribution in [2.24, 2.45) is 0 Å². The first kappa shape index (κ1) is 14.7. The van der Waals surface area contributed by atoms with E-state index in [0.29, 0.717) is 5.75 Å². The van der Waals surface area contributed by atoms with Crippen molar-refractivity contribution in [2.75, 3.05) is 13.1 Å². The van der Waals surface area contributed by atoms with E-state index in [1.807, 2.05) is 52.8 Å². The summed E-state index contributed by atoms with van der Waals surface area (Å²) in [6.45, 7) is 11.6. The van der Waals surface area contributed by atoms with Crippen LogP contribution >= 0.6 is 0 Å². The molecule has 0 heterocycles. The summed E-state index contributed by atoms with van der Waals surface area (Å²) in [5.41, 5.74) is 1.99. The van der Waals surface area contributed by atoms with E-state index >= 15 is 0 Å². The van der Waals surface area contributed by atoms with Crippen molar-refractivity contribution in [1.82, 2.24) is 4.90 Å². The third kappa shape index (κ3) is 3.33. The smallest absolute Gasteiger partial charge is 0.328 e. The minimum Gasteiger partial charge on any atom is -0.425 e. The number of para-hydroxylation sites is 1. The largest absolute Gasteiger partial charge is 0.425 e. The highest BCUT2D eigenvalue weighted by Crippen LogP contribution is 2.23. The lowest BCUT2D eigenvalue weighted by Crippen LogP contribution is -2.41. The minimum atomic E-state index is -0.209. The van der Waals surface area contributed by atoms with Crippen LogP contribution in [0.4, 0.5) is 0 Å². The van der Waals surface area contributed by atoms with Crippen molar-refractivity contribution >= 4 is 5.97 Å². The molecule has 0 bridgehead atoms. The number of esters is 1. The fraction of sp³-hybridized carbons (Fsp3) is 0.533. The van der Waals surface area contributed by atoms with Gasteiger partial charge in [0, 0.05) is 0 Å².